The van der Waals surface area contributed by atoms with Crippen molar-refractivity contribution in [3.63, 3.8) is 0 Å². The number of para-hydroxylation sites is 1. The summed E-state index contributed by atoms with van der Waals surface area (Å²) in [4.78, 5) is 10.7. The molecule has 0 bridgehead atoms. The lowest BCUT2D eigenvalue weighted by Crippen LogP contribution is -2.30. The first kappa shape index (κ1) is 15.1. The van der Waals surface area contributed by atoms with Crippen molar-refractivity contribution in [1.29, 1.82) is 0 Å². The van der Waals surface area contributed by atoms with Gasteiger partial charge in [-0.1, -0.05) is 35.9 Å². The van der Waals surface area contributed by atoms with E-state index < -0.39 is 4.92 Å². The highest BCUT2D eigenvalue weighted by molar-refractivity contribution is 6.31. The summed E-state index contributed by atoms with van der Waals surface area (Å²) in [5.41, 5.74) is 2.00. The average Bonchev–Trinajstić information content (AvgIpc) is 3.05. The molecular weight excluding hydrogens is 331 g/mol. The number of allylic oxidation sites excluding steroid dienone is 2. The van der Waals surface area contributed by atoms with Gasteiger partial charge < -0.3 is 5.32 Å². The molecule has 0 unspecified atom stereocenters. The standard InChI is InChI=1S/C18H14ClFN2O2/c19-15-8-7-10(22(23)24)9-14(15)17-12-4-1-3-11(12)13-5-2-6-16(20)18(13)21-17/h1-3,5-9,11-12,17,21H,4H2/t11-,12+,17-/m1/s1. The number of hydrogen-bond acceptors (Lipinski definition) is 3. The van der Waals surface area contributed by atoms with Gasteiger partial charge in [-0.2, -0.15) is 0 Å². The lowest BCUT2D eigenvalue weighted by atomic mass is 9.77. The monoisotopic (exact) mass is 344 g/mol. The molecule has 0 radical (unpaired) electrons. The molecule has 4 nitrogen and oxygen atoms in total. The number of halogens is 2. The van der Waals surface area contributed by atoms with Gasteiger partial charge in [0.25, 0.3) is 5.69 Å². The molecule has 0 fully saturated rings. The Balaban J connectivity index is 1.84. The highest BCUT2D eigenvalue weighted by Crippen LogP contribution is 2.51. The first-order valence-electron chi connectivity index (χ1n) is 7.71. The van der Waals surface area contributed by atoms with Crippen LogP contribution < -0.4 is 5.32 Å². The van der Waals surface area contributed by atoms with Gasteiger partial charge in [-0.3, -0.25) is 10.1 Å². The third-order valence-electron chi connectivity index (χ3n) is 4.87. The maximum absolute atomic E-state index is 14.3. The van der Waals surface area contributed by atoms with E-state index in [1.165, 1.54) is 24.3 Å². The molecule has 1 heterocycles. The van der Waals surface area contributed by atoms with Crippen molar-refractivity contribution < 1.29 is 9.31 Å². The van der Waals surface area contributed by atoms with E-state index in [-0.39, 0.29) is 29.4 Å². The van der Waals surface area contributed by atoms with Crippen molar-refractivity contribution in [3.05, 3.63) is 80.6 Å². The molecule has 2 aromatic rings. The number of nitrogens with one attached hydrogen (secondary N) is 1. The zero-order chi connectivity index (χ0) is 16.8. The summed E-state index contributed by atoms with van der Waals surface area (Å²) in [6.45, 7) is 0. The van der Waals surface area contributed by atoms with Crippen LogP contribution in [0.4, 0.5) is 15.8 Å². The number of nitrogens with zero attached hydrogens (tertiary/aromatic N) is 1. The number of anilines is 1. The van der Waals surface area contributed by atoms with Gasteiger partial charge in [0.2, 0.25) is 0 Å². The van der Waals surface area contributed by atoms with Gasteiger partial charge in [-0.25, -0.2) is 4.39 Å². The summed E-state index contributed by atoms with van der Waals surface area (Å²) < 4.78 is 14.3. The minimum Gasteiger partial charge on any atom is -0.375 e. The molecule has 0 saturated carbocycles. The lowest BCUT2D eigenvalue weighted by Gasteiger charge is -2.37. The van der Waals surface area contributed by atoms with Gasteiger partial charge in [-0.05, 0) is 30.0 Å². The van der Waals surface area contributed by atoms with E-state index in [4.69, 9.17) is 11.6 Å². The van der Waals surface area contributed by atoms with Crippen molar-refractivity contribution in [2.24, 2.45) is 5.92 Å². The quantitative estimate of drug-likeness (QED) is 0.462. The third kappa shape index (κ3) is 2.27. The van der Waals surface area contributed by atoms with Gasteiger partial charge in [-0.15, -0.1) is 0 Å². The zero-order valence-electron chi connectivity index (χ0n) is 12.6. The zero-order valence-corrected chi connectivity index (χ0v) is 13.3. The van der Waals surface area contributed by atoms with Crippen LogP contribution in [0.25, 0.3) is 0 Å². The Bertz CT molecular complexity index is 868. The van der Waals surface area contributed by atoms with E-state index in [1.54, 1.807) is 6.07 Å². The van der Waals surface area contributed by atoms with E-state index >= 15 is 0 Å². The number of nitro benzene ring substituents is 1. The Kier molecular flexibility index (Phi) is 3.53. The van der Waals surface area contributed by atoms with Gasteiger partial charge in [0.05, 0.1) is 16.7 Å². The van der Waals surface area contributed by atoms with Crippen molar-refractivity contribution in [2.45, 2.75) is 18.4 Å². The second-order valence-corrected chi connectivity index (χ2v) is 6.55. The number of fused-ring (bicyclic) bond motifs is 3. The molecule has 1 aliphatic carbocycles. The Hall–Kier alpha value is -2.40. The van der Waals surface area contributed by atoms with Crippen molar-refractivity contribution in [2.75, 3.05) is 5.32 Å². The van der Waals surface area contributed by atoms with E-state index in [2.05, 4.69) is 17.5 Å². The van der Waals surface area contributed by atoms with Crippen LogP contribution in [0.2, 0.25) is 5.02 Å². The molecule has 1 N–H and O–H groups in total. The molecule has 1 aliphatic heterocycles. The summed E-state index contributed by atoms with van der Waals surface area (Å²) >= 11 is 6.31. The first-order valence-corrected chi connectivity index (χ1v) is 8.09. The number of non-ortho nitro benzene ring substituents is 1. The Morgan fingerprint density at radius 1 is 1.25 bits per heavy atom. The molecule has 0 saturated heterocycles. The predicted octanol–water partition coefficient (Wildman–Crippen LogP) is 5.21. The molecule has 122 valence electrons. The maximum atomic E-state index is 14.3. The average molecular weight is 345 g/mol. The highest BCUT2D eigenvalue weighted by Gasteiger charge is 2.39. The van der Waals surface area contributed by atoms with E-state index in [0.29, 0.717) is 16.3 Å². The van der Waals surface area contributed by atoms with Crippen molar-refractivity contribution in [3.8, 4) is 0 Å². The summed E-state index contributed by atoms with van der Waals surface area (Å²) in [6, 6.07) is 9.17. The lowest BCUT2D eigenvalue weighted by molar-refractivity contribution is -0.384. The topological polar surface area (TPSA) is 55.2 Å². The van der Waals surface area contributed by atoms with E-state index in [1.807, 2.05) is 6.07 Å². The third-order valence-corrected chi connectivity index (χ3v) is 5.22. The van der Waals surface area contributed by atoms with Crippen LogP contribution in [0.5, 0.6) is 0 Å². The Morgan fingerprint density at radius 2 is 2.08 bits per heavy atom. The van der Waals surface area contributed by atoms with Crippen molar-refractivity contribution >= 4 is 23.0 Å². The fourth-order valence-electron chi connectivity index (χ4n) is 3.77. The van der Waals surface area contributed by atoms with Gasteiger partial charge in [0.15, 0.2) is 0 Å². The highest BCUT2D eigenvalue weighted by atomic mass is 35.5. The summed E-state index contributed by atoms with van der Waals surface area (Å²) in [5, 5.41) is 14.8. The minimum absolute atomic E-state index is 0.0157. The molecule has 2 aromatic carbocycles. The SMILES string of the molecule is O=[N+]([O-])c1ccc(Cl)c([C@@H]2Nc3c(F)cccc3[C@@H]3C=CC[C@@H]32)c1. The first-order chi connectivity index (χ1) is 11.6. The van der Waals surface area contributed by atoms with E-state index in [0.717, 1.165) is 12.0 Å². The normalized spacial score (nSPS) is 24.2. The van der Waals surface area contributed by atoms with E-state index in [9.17, 15) is 14.5 Å². The molecular formula is C18H14ClFN2O2. The Morgan fingerprint density at radius 3 is 2.88 bits per heavy atom. The van der Waals surface area contributed by atoms with Gasteiger partial charge in [0.1, 0.15) is 5.82 Å². The minimum atomic E-state index is -0.443. The van der Waals surface area contributed by atoms with Crippen LogP contribution in [0, 0.1) is 21.8 Å². The van der Waals surface area contributed by atoms with Crippen LogP contribution in [-0.2, 0) is 0 Å². The van der Waals surface area contributed by atoms with Crippen LogP contribution in [0.3, 0.4) is 0 Å². The number of hydrogen-bond donors (Lipinski definition) is 1. The van der Waals surface area contributed by atoms with Crippen LogP contribution >= 0.6 is 11.6 Å². The molecule has 0 spiro atoms. The fraction of sp³-hybridized carbons (Fsp3) is 0.222. The molecule has 4 rings (SSSR count). The number of benzene rings is 2. The van der Waals surface area contributed by atoms with Gasteiger partial charge in [0, 0.05) is 28.6 Å². The molecule has 2 aliphatic rings. The predicted molar refractivity (Wildman–Crippen MR) is 90.9 cm³/mol. The second-order valence-electron chi connectivity index (χ2n) is 6.14. The molecule has 0 aromatic heterocycles. The fourth-order valence-corrected chi connectivity index (χ4v) is 4.01. The van der Waals surface area contributed by atoms with Crippen LogP contribution in [-0.4, -0.2) is 4.92 Å². The smallest absolute Gasteiger partial charge is 0.269 e. The summed E-state index contributed by atoms with van der Waals surface area (Å²) in [6.07, 6.45) is 4.98. The second kappa shape index (κ2) is 5.60. The van der Waals surface area contributed by atoms with Crippen molar-refractivity contribution in [1.82, 2.24) is 0 Å². The number of nitro groups is 1. The Labute approximate surface area is 143 Å². The van der Waals surface area contributed by atoms with Crippen LogP contribution in [0.1, 0.15) is 29.5 Å². The number of rotatable bonds is 2. The molecule has 0 amide bonds. The van der Waals surface area contributed by atoms with Crippen LogP contribution in [0.15, 0.2) is 48.6 Å². The van der Waals surface area contributed by atoms with Gasteiger partial charge >= 0.3 is 0 Å². The molecule has 24 heavy (non-hydrogen) atoms. The molecule has 3 atom stereocenters. The summed E-state index contributed by atoms with van der Waals surface area (Å²) in [7, 11) is 0. The largest absolute Gasteiger partial charge is 0.375 e. The molecule has 6 heteroatoms. The summed E-state index contributed by atoms with van der Waals surface area (Å²) in [5.74, 6) is -0.0890. The maximum Gasteiger partial charge on any atom is 0.269 e.